The van der Waals surface area contributed by atoms with Gasteiger partial charge in [-0.15, -0.1) is 0 Å². The number of hydrogen-bond donors (Lipinski definition) is 2. The van der Waals surface area contributed by atoms with Crippen LogP contribution in [-0.2, 0) is 21.4 Å². The van der Waals surface area contributed by atoms with Crippen molar-refractivity contribution in [3.63, 3.8) is 0 Å². The number of amides is 1. The van der Waals surface area contributed by atoms with E-state index in [1.165, 1.54) is 39.4 Å². The smallest absolute Gasteiger partial charge is 0.279 e. The zero-order valence-electron chi connectivity index (χ0n) is 17.4. The summed E-state index contributed by atoms with van der Waals surface area (Å²) in [5.41, 5.74) is 1.36. The molecule has 1 amide bonds. The first-order valence-electron chi connectivity index (χ1n) is 9.02. The van der Waals surface area contributed by atoms with Crippen molar-refractivity contribution in [2.45, 2.75) is 11.4 Å². The predicted octanol–water partition coefficient (Wildman–Crippen LogP) is 0.608. The second kappa shape index (κ2) is 9.73. The van der Waals surface area contributed by atoms with Crippen molar-refractivity contribution < 1.29 is 27.6 Å². The summed E-state index contributed by atoms with van der Waals surface area (Å²) in [6.45, 7) is 0.835. The van der Waals surface area contributed by atoms with Crippen LogP contribution in [0.25, 0.3) is 0 Å². The van der Waals surface area contributed by atoms with Crippen LogP contribution in [0.4, 0.5) is 5.69 Å². The number of hydrogen-bond acceptors (Lipinski definition) is 5. The molecule has 1 unspecified atom stereocenters. The Morgan fingerprint density at radius 1 is 1.10 bits per heavy atom. The Balaban J connectivity index is 2.10. The van der Waals surface area contributed by atoms with Gasteiger partial charge in [0, 0.05) is 19.7 Å². The molecule has 158 valence electrons. The van der Waals surface area contributed by atoms with E-state index < -0.39 is 10.0 Å². The van der Waals surface area contributed by atoms with Gasteiger partial charge in [-0.2, -0.15) is 0 Å². The van der Waals surface area contributed by atoms with Crippen LogP contribution in [0, 0.1) is 0 Å². The molecule has 1 atom stereocenters. The number of nitrogens with one attached hydrogen (secondary N) is 2. The van der Waals surface area contributed by atoms with Gasteiger partial charge in [0.2, 0.25) is 10.0 Å². The van der Waals surface area contributed by atoms with E-state index in [0.29, 0.717) is 18.0 Å². The summed E-state index contributed by atoms with van der Waals surface area (Å²) >= 11 is 0. The maximum absolute atomic E-state index is 12.5. The number of benzene rings is 2. The van der Waals surface area contributed by atoms with Crippen molar-refractivity contribution in [3.8, 4) is 11.5 Å². The van der Waals surface area contributed by atoms with Gasteiger partial charge in [-0.25, -0.2) is 12.7 Å². The third-order valence-electron chi connectivity index (χ3n) is 4.33. The van der Waals surface area contributed by atoms with Crippen molar-refractivity contribution in [2.24, 2.45) is 0 Å². The molecule has 2 aromatic carbocycles. The molecule has 0 saturated heterocycles. The van der Waals surface area contributed by atoms with Crippen LogP contribution in [0.1, 0.15) is 5.56 Å². The molecule has 2 aromatic rings. The maximum atomic E-state index is 12.5. The number of rotatable bonds is 9. The molecule has 0 heterocycles. The van der Waals surface area contributed by atoms with Crippen molar-refractivity contribution >= 4 is 21.6 Å². The zero-order chi connectivity index (χ0) is 21.6. The molecule has 0 spiro atoms. The summed E-state index contributed by atoms with van der Waals surface area (Å²) < 4.78 is 36.3. The number of nitrogens with zero attached hydrogens (tertiary/aromatic N) is 1. The lowest BCUT2D eigenvalue weighted by Gasteiger charge is -2.17. The minimum Gasteiger partial charge on any atom is -0.497 e. The largest absolute Gasteiger partial charge is 0.497 e. The lowest BCUT2D eigenvalue weighted by molar-refractivity contribution is -0.885. The minimum atomic E-state index is -3.62. The molecular formula is C20H28N3O5S+. The fourth-order valence-electron chi connectivity index (χ4n) is 2.82. The summed E-state index contributed by atoms with van der Waals surface area (Å²) in [6, 6.07) is 12.1. The Morgan fingerprint density at radius 2 is 1.83 bits per heavy atom. The Hall–Kier alpha value is -2.62. The van der Waals surface area contributed by atoms with Gasteiger partial charge in [0.1, 0.15) is 18.0 Å². The first kappa shape index (κ1) is 22.7. The van der Waals surface area contributed by atoms with E-state index in [0.717, 1.165) is 20.5 Å². The van der Waals surface area contributed by atoms with Crippen LogP contribution in [0.2, 0.25) is 0 Å². The second-order valence-electron chi connectivity index (χ2n) is 6.86. The van der Waals surface area contributed by atoms with Crippen LogP contribution in [-0.4, -0.2) is 60.5 Å². The molecule has 9 heteroatoms. The Morgan fingerprint density at radius 3 is 2.45 bits per heavy atom. The van der Waals surface area contributed by atoms with E-state index in [1.54, 1.807) is 7.11 Å². The standard InChI is InChI=1S/C20H27N3O5S/c1-22(2)29(25,26)17-9-10-19(28-5)18(12-17)21-20(24)14-23(3)13-15-7-6-8-16(11-15)27-4/h6-12H,13-14H2,1-5H3,(H,21,24)/p+1. The van der Waals surface area contributed by atoms with E-state index in [-0.39, 0.29) is 17.3 Å². The highest BCUT2D eigenvalue weighted by Crippen LogP contribution is 2.28. The van der Waals surface area contributed by atoms with Gasteiger partial charge in [0.15, 0.2) is 6.54 Å². The number of anilines is 1. The van der Waals surface area contributed by atoms with Gasteiger partial charge in [0.25, 0.3) is 5.91 Å². The molecule has 0 bridgehead atoms. The predicted molar refractivity (Wildman–Crippen MR) is 111 cm³/mol. The van der Waals surface area contributed by atoms with E-state index in [1.807, 2.05) is 31.3 Å². The van der Waals surface area contributed by atoms with E-state index in [2.05, 4.69) is 5.32 Å². The Kier molecular flexibility index (Phi) is 7.60. The van der Waals surface area contributed by atoms with Gasteiger partial charge >= 0.3 is 0 Å². The highest BCUT2D eigenvalue weighted by molar-refractivity contribution is 7.89. The Labute approximate surface area is 172 Å². The van der Waals surface area contributed by atoms with E-state index in [9.17, 15) is 13.2 Å². The first-order chi connectivity index (χ1) is 13.7. The van der Waals surface area contributed by atoms with Gasteiger partial charge in [0.05, 0.1) is 31.9 Å². The van der Waals surface area contributed by atoms with Crippen molar-refractivity contribution in [1.29, 1.82) is 0 Å². The third kappa shape index (κ3) is 5.93. The lowest BCUT2D eigenvalue weighted by Crippen LogP contribution is -3.08. The van der Waals surface area contributed by atoms with Crippen molar-refractivity contribution in [3.05, 3.63) is 48.0 Å². The molecular weight excluding hydrogens is 394 g/mol. The highest BCUT2D eigenvalue weighted by Gasteiger charge is 2.20. The summed E-state index contributed by atoms with van der Waals surface area (Å²) in [5.74, 6) is 0.910. The van der Waals surface area contributed by atoms with Gasteiger partial charge < -0.3 is 19.7 Å². The van der Waals surface area contributed by atoms with E-state index in [4.69, 9.17) is 9.47 Å². The molecule has 2 N–H and O–H groups in total. The van der Waals surface area contributed by atoms with Crippen LogP contribution >= 0.6 is 0 Å². The summed E-state index contributed by atoms with van der Waals surface area (Å²) in [5, 5.41) is 2.76. The van der Waals surface area contributed by atoms with Crippen LogP contribution in [0.3, 0.4) is 0 Å². The fourth-order valence-corrected chi connectivity index (χ4v) is 3.75. The highest BCUT2D eigenvalue weighted by atomic mass is 32.2. The van der Waals surface area contributed by atoms with E-state index >= 15 is 0 Å². The van der Waals surface area contributed by atoms with Crippen LogP contribution in [0.15, 0.2) is 47.4 Å². The van der Waals surface area contributed by atoms with Gasteiger partial charge in [-0.3, -0.25) is 4.79 Å². The maximum Gasteiger partial charge on any atom is 0.279 e. The number of quaternary nitrogens is 1. The number of sulfonamides is 1. The monoisotopic (exact) mass is 422 g/mol. The SMILES string of the molecule is COc1cccc(C[NH+](C)CC(=O)Nc2cc(S(=O)(=O)N(C)C)ccc2OC)c1. The molecule has 0 aliphatic rings. The summed E-state index contributed by atoms with van der Waals surface area (Å²) in [6.07, 6.45) is 0. The molecule has 0 aliphatic carbocycles. The lowest BCUT2D eigenvalue weighted by atomic mass is 10.2. The molecule has 0 radical (unpaired) electrons. The normalized spacial score (nSPS) is 12.5. The quantitative estimate of drug-likeness (QED) is 0.618. The molecule has 0 aromatic heterocycles. The molecule has 0 saturated carbocycles. The topological polar surface area (TPSA) is 89.4 Å². The fraction of sp³-hybridized carbons (Fsp3) is 0.350. The molecule has 29 heavy (non-hydrogen) atoms. The van der Waals surface area contributed by atoms with Crippen molar-refractivity contribution in [2.75, 3.05) is 47.2 Å². The second-order valence-corrected chi connectivity index (χ2v) is 9.01. The molecule has 0 aliphatic heterocycles. The number of ether oxygens (including phenoxy) is 2. The van der Waals surface area contributed by atoms with Crippen molar-refractivity contribution in [1.82, 2.24) is 4.31 Å². The minimum absolute atomic E-state index is 0.0793. The average Bonchev–Trinajstić information content (AvgIpc) is 2.67. The molecule has 2 rings (SSSR count). The van der Waals surface area contributed by atoms with Crippen LogP contribution < -0.4 is 19.7 Å². The molecule has 0 fully saturated rings. The zero-order valence-corrected chi connectivity index (χ0v) is 18.2. The summed E-state index contributed by atoms with van der Waals surface area (Å²) in [7, 11) is 4.27. The number of carbonyl (C=O) groups excluding carboxylic acids is 1. The number of methoxy groups -OCH3 is 2. The summed E-state index contributed by atoms with van der Waals surface area (Å²) in [4.78, 5) is 13.6. The number of carbonyl (C=O) groups is 1. The third-order valence-corrected chi connectivity index (χ3v) is 6.14. The van der Waals surface area contributed by atoms with Gasteiger partial charge in [-0.1, -0.05) is 12.1 Å². The van der Waals surface area contributed by atoms with Crippen LogP contribution in [0.5, 0.6) is 11.5 Å². The average molecular weight is 423 g/mol. The first-order valence-corrected chi connectivity index (χ1v) is 10.5. The molecule has 8 nitrogen and oxygen atoms in total. The Bertz CT molecular complexity index is 960. The van der Waals surface area contributed by atoms with Gasteiger partial charge in [-0.05, 0) is 30.3 Å². The number of likely N-dealkylation sites (N-methyl/N-ethyl adjacent to an activating group) is 1.